The van der Waals surface area contributed by atoms with Gasteiger partial charge in [0.1, 0.15) is 11.5 Å². The minimum atomic E-state index is 0.408. The summed E-state index contributed by atoms with van der Waals surface area (Å²) in [6.45, 7) is 0. The summed E-state index contributed by atoms with van der Waals surface area (Å²) in [5.74, 6) is 0. The Hall–Kier alpha value is -2.01. The van der Waals surface area contributed by atoms with Crippen molar-refractivity contribution in [3.8, 4) is 5.69 Å². The summed E-state index contributed by atoms with van der Waals surface area (Å²) in [6.07, 6.45) is 6.47. The maximum Gasteiger partial charge on any atom is 0.167 e. The largest absolute Gasteiger partial charge is 0.265 e. The Kier molecular flexibility index (Phi) is 2.04. The zero-order chi connectivity index (χ0) is 11.0. The van der Waals surface area contributed by atoms with E-state index in [0.29, 0.717) is 10.8 Å². The molecule has 3 heterocycles. The van der Waals surface area contributed by atoms with Crippen molar-refractivity contribution in [1.82, 2.24) is 24.7 Å². The number of fused-ring (bicyclic) bond motifs is 1. The highest BCUT2D eigenvalue weighted by Crippen LogP contribution is 2.20. The molecule has 0 spiro atoms. The first-order valence-electron chi connectivity index (χ1n) is 4.61. The maximum atomic E-state index is 5.94. The van der Waals surface area contributed by atoms with Gasteiger partial charge in [-0.1, -0.05) is 11.6 Å². The fourth-order valence-corrected chi connectivity index (χ4v) is 1.67. The molecule has 0 aliphatic carbocycles. The Morgan fingerprint density at radius 1 is 1.12 bits per heavy atom. The summed E-state index contributed by atoms with van der Waals surface area (Å²) in [5.41, 5.74) is 1.57. The van der Waals surface area contributed by atoms with E-state index in [1.165, 1.54) is 6.33 Å². The van der Waals surface area contributed by atoms with Crippen molar-refractivity contribution in [2.24, 2.45) is 0 Å². The molecule has 0 radical (unpaired) electrons. The molecule has 0 N–H and O–H groups in total. The first kappa shape index (κ1) is 9.23. The first-order chi connectivity index (χ1) is 7.86. The second-order valence-corrected chi connectivity index (χ2v) is 3.52. The van der Waals surface area contributed by atoms with Gasteiger partial charge >= 0.3 is 0 Å². The topological polar surface area (TPSA) is 56.5 Å². The van der Waals surface area contributed by atoms with Crippen molar-refractivity contribution >= 4 is 22.6 Å². The summed E-state index contributed by atoms with van der Waals surface area (Å²) < 4.78 is 1.70. The van der Waals surface area contributed by atoms with Crippen molar-refractivity contribution in [2.45, 2.75) is 0 Å². The minimum absolute atomic E-state index is 0.408. The lowest BCUT2D eigenvalue weighted by Crippen LogP contribution is -1.97. The van der Waals surface area contributed by atoms with Crippen molar-refractivity contribution in [3.05, 3.63) is 42.2 Å². The average molecular weight is 232 g/mol. The third kappa shape index (κ3) is 1.33. The predicted molar refractivity (Wildman–Crippen MR) is 59.5 cm³/mol. The van der Waals surface area contributed by atoms with Gasteiger partial charge in [-0.3, -0.25) is 4.98 Å². The molecular formula is C10H6ClN5. The maximum absolute atomic E-state index is 5.94. The van der Waals surface area contributed by atoms with Crippen LogP contribution >= 0.6 is 11.6 Å². The van der Waals surface area contributed by atoms with Crippen molar-refractivity contribution < 1.29 is 0 Å². The number of aromatic nitrogens is 5. The van der Waals surface area contributed by atoms with Gasteiger partial charge in [0.05, 0.1) is 17.3 Å². The number of rotatable bonds is 1. The molecule has 0 bridgehead atoms. The van der Waals surface area contributed by atoms with E-state index >= 15 is 0 Å². The molecule has 5 nitrogen and oxygen atoms in total. The van der Waals surface area contributed by atoms with E-state index in [9.17, 15) is 0 Å². The van der Waals surface area contributed by atoms with Gasteiger partial charge in [0.2, 0.25) is 0 Å². The van der Waals surface area contributed by atoms with Crippen LogP contribution in [0.25, 0.3) is 16.7 Å². The van der Waals surface area contributed by atoms with Crippen LogP contribution in [0.5, 0.6) is 0 Å². The Balaban J connectivity index is 2.30. The van der Waals surface area contributed by atoms with E-state index < -0.39 is 0 Å². The van der Waals surface area contributed by atoms with Crippen LogP contribution in [0.2, 0.25) is 5.15 Å². The molecule has 0 saturated carbocycles. The molecule has 6 heteroatoms. The highest BCUT2D eigenvalue weighted by atomic mass is 35.5. The third-order valence-corrected chi connectivity index (χ3v) is 2.53. The van der Waals surface area contributed by atoms with Gasteiger partial charge in [0.25, 0.3) is 0 Å². The van der Waals surface area contributed by atoms with Gasteiger partial charge in [0, 0.05) is 12.4 Å². The molecule has 0 amide bonds. The lowest BCUT2D eigenvalue weighted by atomic mass is 10.4. The summed E-state index contributed by atoms with van der Waals surface area (Å²) >= 11 is 5.94. The summed E-state index contributed by atoms with van der Waals surface area (Å²) in [6, 6.07) is 3.70. The highest BCUT2D eigenvalue weighted by molar-refractivity contribution is 6.33. The van der Waals surface area contributed by atoms with Gasteiger partial charge in [-0.15, -0.1) is 0 Å². The van der Waals surface area contributed by atoms with Crippen LogP contribution in [-0.2, 0) is 0 Å². The Labute approximate surface area is 95.7 Å². The molecule has 0 atom stereocenters. The van der Waals surface area contributed by atoms with E-state index in [4.69, 9.17) is 11.6 Å². The molecule has 0 aliphatic heterocycles. The van der Waals surface area contributed by atoms with Crippen LogP contribution in [-0.4, -0.2) is 24.7 Å². The van der Waals surface area contributed by atoms with Crippen molar-refractivity contribution in [3.63, 3.8) is 0 Å². The van der Waals surface area contributed by atoms with Gasteiger partial charge in [-0.25, -0.2) is 14.6 Å². The SMILES string of the molecule is Clc1ncnc2c1cnn2-c1ccncc1. The van der Waals surface area contributed by atoms with Gasteiger partial charge in [-0.2, -0.15) is 5.10 Å². The molecule has 3 rings (SSSR count). The summed E-state index contributed by atoms with van der Waals surface area (Å²) in [7, 11) is 0. The zero-order valence-corrected chi connectivity index (χ0v) is 8.83. The number of hydrogen-bond donors (Lipinski definition) is 0. The van der Waals surface area contributed by atoms with Crippen LogP contribution < -0.4 is 0 Å². The van der Waals surface area contributed by atoms with Crippen LogP contribution in [0.1, 0.15) is 0 Å². The van der Waals surface area contributed by atoms with Crippen LogP contribution in [0.4, 0.5) is 0 Å². The summed E-state index contributed by atoms with van der Waals surface area (Å²) in [5, 5.41) is 5.37. The van der Waals surface area contributed by atoms with Crippen LogP contribution in [0.15, 0.2) is 37.1 Å². The molecule has 3 aromatic rings. The molecule has 0 unspecified atom stereocenters. The first-order valence-corrected chi connectivity index (χ1v) is 4.99. The molecule has 0 aliphatic rings. The Bertz CT molecular complexity index is 634. The molecule has 78 valence electrons. The normalized spacial score (nSPS) is 10.8. The van der Waals surface area contributed by atoms with Crippen molar-refractivity contribution in [1.29, 1.82) is 0 Å². The second kappa shape index (κ2) is 3.53. The molecule has 3 aromatic heterocycles. The van der Waals surface area contributed by atoms with Crippen LogP contribution in [0, 0.1) is 0 Å². The van der Waals surface area contributed by atoms with E-state index in [-0.39, 0.29) is 0 Å². The van der Waals surface area contributed by atoms with Gasteiger partial charge < -0.3 is 0 Å². The van der Waals surface area contributed by atoms with Gasteiger partial charge in [0.15, 0.2) is 5.65 Å². The lowest BCUT2D eigenvalue weighted by Gasteiger charge is -2.01. The van der Waals surface area contributed by atoms with E-state index in [1.807, 2.05) is 12.1 Å². The molecule has 0 saturated heterocycles. The zero-order valence-electron chi connectivity index (χ0n) is 8.08. The fourth-order valence-electron chi connectivity index (χ4n) is 1.49. The molecular weight excluding hydrogens is 226 g/mol. The number of nitrogens with zero attached hydrogens (tertiary/aromatic N) is 5. The Morgan fingerprint density at radius 2 is 1.94 bits per heavy atom. The number of hydrogen-bond acceptors (Lipinski definition) is 4. The van der Waals surface area contributed by atoms with E-state index in [2.05, 4.69) is 20.1 Å². The average Bonchev–Trinajstić information content (AvgIpc) is 2.75. The third-order valence-electron chi connectivity index (χ3n) is 2.22. The standard InChI is InChI=1S/C10H6ClN5/c11-9-8-5-15-16(10(8)14-6-13-9)7-1-3-12-4-2-7/h1-6H. The molecule has 0 fully saturated rings. The molecule has 16 heavy (non-hydrogen) atoms. The monoisotopic (exact) mass is 231 g/mol. The second-order valence-electron chi connectivity index (χ2n) is 3.16. The van der Waals surface area contributed by atoms with Gasteiger partial charge in [-0.05, 0) is 12.1 Å². The quantitative estimate of drug-likeness (QED) is 0.600. The van der Waals surface area contributed by atoms with Crippen molar-refractivity contribution in [2.75, 3.05) is 0 Å². The summed E-state index contributed by atoms with van der Waals surface area (Å²) in [4.78, 5) is 12.0. The van der Waals surface area contributed by atoms with E-state index in [1.54, 1.807) is 23.3 Å². The highest BCUT2D eigenvalue weighted by Gasteiger charge is 2.08. The minimum Gasteiger partial charge on any atom is -0.265 e. The van der Waals surface area contributed by atoms with E-state index in [0.717, 1.165) is 11.1 Å². The predicted octanol–water partition coefficient (Wildman–Crippen LogP) is 1.86. The van der Waals surface area contributed by atoms with Crippen LogP contribution in [0.3, 0.4) is 0 Å². The fraction of sp³-hybridized carbons (Fsp3) is 0. The smallest absolute Gasteiger partial charge is 0.167 e. The Morgan fingerprint density at radius 3 is 2.75 bits per heavy atom. The number of pyridine rings is 1. The number of halogens is 1. The molecule has 0 aromatic carbocycles. The lowest BCUT2D eigenvalue weighted by molar-refractivity contribution is 0.892.